The van der Waals surface area contributed by atoms with Crippen LogP contribution in [0.5, 0.6) is 5.75 Å². The quantitative estimate of drug-likeness (QED) is 0.711. The van der Waals surface area contributed by atoms with E-state index in [4.69, 9.17) is 16.3 Å². The number of hydrogen-bond acceptors (Lipinski definition) is 2. The molecular weight excluding hydrogens is 264 g/mol. The van der Waals surface area contributed by atoms with Gasteiger partial charge in [-0.25, -0.2) is 0 Å². The summed E-state index contributed by atoms with van der Waals surface area (Å²) in [5, 5.41) is 1.18. The molecule has 2 aromatic carbocycles. The Morgan fingerprint density at radius 2 is 1.61 bits per heavy atom. The summed E-state index contributed by atoms with van der Waals surface area (Å²) in [4.78, 5) is 1.23. The van der Waals surface area contributed by atoms with Crippen LogP contribution in [0.3, 0.4) is 0 Å². The molecule has 0 bridgehead atoms. The first-order chi connectivity index (χ1) is 8.69. The van der Waals surface area contributed by atoms with E-state index in [0.29, 0.717) is 5.25 Å². The van der Waals surface area contributed by atoms with Gasteiger partial charge in [-0.05, 0) is 48.9 Å². The predicted octanol–water partition coefficient (Wildman–Crippen LogP) is 5.20. The molecule has 0 aromatic heterocycles. The van der Waals surface area contributed by atoms with Crippen LogP contribution in [0.1, 0.15) is 17.7 Å². The average molecular weight is 279 g/mol. The largest absolute Gasteiger partial charge is 0.497 e. The van der Waals surface area contributed by atoms with Gasteiger partial charge in [-0.3, -0.25) is 0 Å². The molecule has 0 radical (unpaired) electrons. The predicted molar refractivity (Wildman–Crippen MR) is 78.7 cm³/mol. The number of hydrogen-bond donors (Lipinski definition) is 0. The molecule has 0 aliphatic rings. The van der Waals surface area contributed by atoms with E-state index in [0.717, 1.165) is 10.8 Å². The van der Waals surface area contributed by atoms with E-state index in [2.05, 4.69) is 31.2 Å². The van der Waals surface area contributed by atoms with Crippen LogP contribution in [-0.2, 0) is 0 Å². The van der Waals surface area contributed by atoms with Crippen molar-refractivity contribution in [2.24, 2.45) is 0 Å². The topological polar surface area (TPSA) is 9.23 Å². The third-order valence-electron chi connectivity index (χ3n) is 2.71. The maximum absolute atomic E-state index is 5.89. The van der Waals surface area contributed by atoms with Crippen molar-refractivity contribution in [1.29, 1.82) is 0 Å². The lowest BCUT2D eigenvalue weighted by molar-refractivity contribution is 0.414. The summed E-state index contributed by atoms with van der Waals surface area (Å²) in [7, 11) is 1.68. The summed E-state index contributed by atoms with van der Waals surface area (Å²) in [5.74, 6) is 0.887. The van der Waals surface area contributed by atoms with Crippen molar-refractivity contribution in [2.75, 3.05) is 7.11 Å². The van der Waals surface area contributed by atoms with Gasteiger partial charge in [0.25, 0.3) is 0 Å². The zero-order valence-electron chi connectivity index (χ0n) is 10.4. The second-order valence-electron chi connectivity index (χ2n) is 3.99. The molecule has 94 valence electrons. The molecule has 0 saturated carbocycles. The van der Waals surface area contributed by atoms with Crippen LogP contribution in [0, 0.1) is 0 Å². The lowest BCUT2D eigenvalue weighted by Gasteiger charge is -2.12. The van der Waals surface area contributed by atoms with Crippen molar-refractivity contribution in [1.82, 2.24) is 0 Å². The van der Waals surface area contributed by atoms with Gasteiger partial charge in [0.1, 0.15) is 5.75 Å². The number of rotatable bonds is 4. The number of halogens is 1. The van der Waals surface area contributed by atoms with Crippen molar-refractivity contribution in [2.45, 2.75) is 17.1 Å². The van der Waals surface area contributed by atoms with Crippen molar-refractivity contribution in [3.8, 4) is 5.75 Å². The van der Waals surface area contributed by atoms with E-state index >= 15 is 0 Å². The molecule has 1 nitrogen and oxygen atoms in total. The summed E-state index contributed by atoms with van der Waals surface area (Å²) < 4.78 is 5.15. The van der Waals surface area contributed by atoms with E-state index in [1.807, 2.05) is 36.0 Å². The van der Waals surface area contributed by atoms with Gasteiger partial charge in [0.2, 0.25) is 0 Å². The molecule has 0 heterocycles. The highest BCUT2D eigenvalue weighted by atomic mass is 35.5. The Bertz CT molecular complexity index is 493. The van der Waals surface area contributed by atoms with Crippen molar-refractivity contribution >= 4 is 23.4 Å². The number of thioether (sulfide) groups is 1. The molecule has 0 spiro atoms. The molecule has 0 saturated heterocycles. The molecule has 0 fully saturated rings. The van der Waals surface area contributed by atoms with E-state index < -0.39 is 0 Å². The molecular formula is C15H15ClOS. The van der Waals surface area contributed by atoms with E-state index in [1.54, 1.807) is 7.11 Å². The maximum atomic E-state index is 5.89. The van der Waals surface area contributed by atoms with Gasteiger partial charge < -0.3 is 4.74 Å². The van der Waals surface area contributed by atoms with Gasteiger partial charge >= 0.3 is 0 Å². The van der Waals surface area contributed by atoms with Gasteiger partial charge in [0.05, 0.1) is 7.11 Å². The van der Waals surface area contributed by atoms with Gasteiger partial charge in [0.15, 0.2) is 0 Å². The highest BCUT2D eigenvalue weighted by Crippen LogP contribution is 2.35. The Balaban J connectivity index is 2.05. The molecule has 3 heteroatoms. The summed E-state index contributed by atoms with van der Waals surface area (Å²) in [5.41, 5.74) is 1.28. The van der Waals surface area contributed by atoms with E-state index in [1.165, 1.54) is 10.5 Å². The first-order valence-electron chi connectivity index (χ1n) is 5.75. The molecule has 2 rings (SSSR count). The minimum atomic E-state index is 0.399. The molecule has 0 N–H and O–H groups in total. The monoisotopic (exact) mass is 278 g/mol. The highest BCUT2D eigenvalue weighted by molar-refractivity contribution is 7.99. The minimum absolute atomic E-state index is 0.399. The lowest BCUT2D eigenvalue weighted by Crippen LogP contribution is -1.88. The first kappa shape index (κ1) is 13.3. The third kappa shape index (κ3) is 3.44. The molecule has 2 aromatic rings. The second kappa shape index (κ2) is 6.17. The lowest BCUT2D eigenvalue weighted by atomic mass is 10.2. The van der Waals surface area contributed by atoms with Crippen LogP contribution in [0.4, 0.5) is 0 Å². The fraction of sp³-hybridized carbons (Fsp3) is 0.200. The highest BCUT2D eigenvalue weighted by Gasteiger charge is 2.07. The van der Waals surface area contributed by atoms with Crippen LogP contribution < -0.4 is 4.74 Å². The molecule has 1 unspecified atom stereocenters. The third-order valence-corrected chi connectivity index (χ3v) is 4.13. The van der Waals surface area contributed by atoms with Gasteiger partial charge in [-0.15, -0.1) is 11.8 Å². The fourth-order valence-corrected chi connectivity index (χ4v) is 2.78. The van der Waals surface area contributed by atoms with Crippen LogP contribution in [0.2, 0.25) is 5.02 Å². The Hall–Kier alpha value is -1.12. The second-order valence-corrected chi connectivity index (χ2v) is 5.84. The standard InChI is InChI=1S/C15H15ClOS/c1-11(12-3-5-13(16)6-4-12)18-15-9-7-14(17-2)8-10-15/h3-11H,1-2H3. The summed E-state index contributed by atoms with van der Waals surface area (Å²) >= 11 is 7.71. The zero-order chi connectivity index (χ0) is 13.0. The smallest absolute Gasteiger partial charge is 0.118 e. The summed E-state index contributed by atoms with van der Waals surface area (Å²) in [6.07, 6.45) is 0. The Kier molecular flexibility index (Phi) is 4.56. The molecule has 1 atom stereocenters. The minimum Gasteiger partial charge on any atom is -0.497 e. The van der Waals surface area contributed by atoms with E-state index in [9.17, 15) is 0 Å². The molecule has 18 heavy (non-hydrogen) atoms. The van der Waals surface area contributed by atoms with Crippen LogP contribution >= 0.6 is 23.4 Å². The molecule has 0 aliphatic heterocycles. The average Bonchev–Trinajstić information content (AvgIpc) is 2.40. The molecule has 0 aliphatic carbocycles. The van der Waals surface area contributed by atoms with E-state index in [-0.39, 0.29) is 0 Å². The maximum Gasteiger partial charge on any atom is 0.118 e. The Morgan fingerprint density at radius 3 is 2.17 bits per heavy atom. The zero-order valence-corrected chi connectivity index (χ0v) is 12.0. The fourth-order valence-electron chi connectivity index (χ4n) is 1.66. The number of ether oxygens (including phenoxy) is 1. The van der Waals surface area contributed by atoms with Gasteiger partial charge in [-0.2, -0.15) is 0 Å². The Morgan fingerprint density at radius 1 is 1.00 bits per heavy atom. The summed E-state index contributed by atoms with van der Waals surface area (Å²) in [6, 6.07) is 16.1. The van der Waals surface area contributed by atoms with Crippen LogP contribution in [0.15, 0.2) is 53.4 Å². The first-order valence-corrected chi connectivity index (χ1v) is 7.01. The number of methoxy groups -OCH3 is 1. The van der Waals surface area contributed by atoms with Crippen molar-refractivity contribution in [3.63, 3.8) is 0 Å². The molecule has 0 amide bonds. The SMILES string of the molecule is COc1ccc(SC(C)c2ccc(Cl)cc2)cc1. The normalized spacial score (nSPS) is 12.2. The van der Waals surface area contributed by atoms with Crippen LogP contribution in [-0.4, -0.2) is 7.11 Å². The summed E-state index contributed by atoms with van der Waals surface area (Å²) in [6.45, 7) is 2.19. The van der Waals surface area contributed by atoms with Crippen LogP contribution in [0.25, 0.3) is 0 Å². The van der Waals surface area contributed by atoms with Gasteiger partial charge in [0, 0.05) is 15.2 Å². The van der Waals surface area contributed by atoms with Gasteiger partial charge in [-0.1, -0.05) is 23.7 Å². The van der Waals surface area contributed by atoms with Crippen molar-refractivity contribution in [3.05, 3.63) is 59.1 Å². The Labute approximate surface area is 117 Å². The number of benzene rings is 2. The van der Waals surface area contributed by atoms with Crippen molar-refractivity contribution < 1.29 is 4.74 Å².